The molecule has 0 aliphatic heterocycles. The zero-order valence-corrected chi connectivity index (χ0v) is 11.8. The van der Waals surface area contributed by atoms with Gasteiger partial charge in [-0.05, 0) is 13.0 Å². The first-order chi connectivity index (χ1) is 5.26. The zero-order valence-electron chi connectivity index (χ0n) is 8.97. The van der Waals surface area contributed by atoms with E-state index in [1.54, 1.807) is 0 Å². The molecule has 12 heavy (non-hydrogen) atoms. The van der Waals surface area contributed by atoms with Gasteiger partial charge in [-0.3, -0.25) is 0 Å². The molecule has 1 radical (unpaired) electrons. The average molecular weight is 246 g/mol. The van der Waals surface area contributed by atoms with Gasteiger partial charge in [0.15, 0.2) is 0 Å². The van der Waals surface area contributed by atoms with Crippen molar-refractivity contribution in [3.8, 4) is 0 Å². The summed E-state index contributed by atoms with van der Waals surface area (Å²) in [5, 5.41) is 0. The van der Waals surface area contributed by atoms with Gasteiger partial charge >= 0.3 is 0 Å². The van der Waals surface area contributed by atoms with E-state index in [-0.39, 0.29) is 32.7 Å². The minimum Gasteiger partial charge on any atom is -0.363 e. The van der Waals surface area contributed by atoms with Crippen LogP contribution in [0.15, 0.2) is 0 Å². The zero-order chi connectivity index (χ0) is 9.11. The van der Waals surface area contributed by atoms with E-state index in [9.17, 15) is 0 Å². The maximum atomic E-state index is 3.76. The third kappa shape index (κ3) is 17.2. The van der Waals surface area contributed by atoms with Crippen molar-refractivity contribution >= 4 is 0 Å². The molecule has 0 aromatic heterocycles. The number of nitrogens with zero attached hydrogens (tertiary/aromatic N) is 1. The van der Waals surface area contributed by atoms with Crippen LogP contribution in [0.25, 0.3) is 0 Å². The second kappa shape index (κ2) is 18.0. The Morgan fingerprint density at radius 2 is 1.33 bits per heavy atom. The normalized spacial score (nSPS) is 8.50. The summed E-state index contributed by atoms with van der Waals surface area (Å²) in [6, 6.07) is 0. The van der Waals surface area contributed by atoms with E-state index in [0.717, 1.165) is 19.6 Å². The minimum atomic E-state index is 0. The Hall–Kier alpha value is 1.06. The van der Waals surface area contributed by atoms with E-state index in [0.29, 0.717) is 0 Å². The second-order valence-corrected chi connectivity index (χ2v) is 2.55. The van der Waals surface area contributed by atoms with E-state index >= 15 is 0 Å². The van der Waals surface area contributed by atoms with Crippen molar-refractivity contribution < 1.29 is 32.7 Å². The SMILES string of the molecule is CCC.[CH2-]CN(C[CH2-])CCC.[Y]. The first-order valence-electron chi connectivity index (χ1n) is 4.57. The summed E-state index contributed by atoms with van der Waals surface area (Å²) >= 11 is 0. The molecule has 0 aliphatic rings. The summed E-state index contributed by atoms with van der Waals surface area (Å²) < 4.78 is 0. The molecule has 73 valence electrons. The molecule has 1 nitrogen and oxygen atoms in total. The third-order valence-corrected chi connectivity index (χ3v) is 1.17. The first kappa shape index (κ1) is 18.8. The topological polar surface area (TPSA) is 3.24 Å². The van der Waals surface area contributed by atoms with Gasteiger partial charge < -0.3 is 18.7 Å². The van der Waals surface area contributed by atoms with Crippen LogP contribution in [0.1, 0.15) is 33.6 Å². The average Bonchev–Trinajstić information content (AvgIpc) is 2.02. The van der Waals surface area contributed by atoms with Crippen LogP contribution in [0.2, 0.25) is 0 Å². The molecule has 0 amide bonds. The van der Waals surface area contributed by atoms with Crippen molar-refractivity contribution in [2.45, 2.75) is 33.6 Å². The molecule has 0 fully saturated rings. The van der Waals surface area contributed by atoms with E-state index in [1.165, 1.54) is 12.8 Å². The molecule has 0 aliphatic carbocycles. The molecule has 0 rings (SSSR count). The molecule has 0 saturated carbocycles. The van der Waals surface area contributed by atoms with Gasteiger partial charge in [-0.2, -0.15) is 0 Å². The predicted molar refractivity (Wildman–Crippen MR) is 53.4 cm³/mol. The molecule has 0 aromatic rings. The van der Waals surface area contributed by atoms with Crippen LogP contribution < -0.4 is 0 Å². The summed E-state index contributed by atoms with van der Waals surface area (Å²) in [7, 11) is 0. The van der Waals surface area contributed by atoms with E-state index < -0.39 is 0 Å². The van der Waals surface area contributed by atoms with Crippen LogP contribution in [0.3, 0.4) is 0 Å². The summed E-state index contributed by atoms with van der Waals surface area (Å²) in [5.41, 5.74) is 0. The first-order valence-corrected chi connectivity index (χ1v) is 4.57. The smallest absolute Gasteiger partial charge is 0 e. The van der Waals surface area contributed by atoms with Gasteiger partial charge in [0.05, 0.1) is 0 Å². The molecule has 0 atom stereocenters. The molecular weight excluding hydrogens is 223 g/mol. The van der Waals surface area contributed by atoms with Crippen LogP contribution in [0.5, 0.6) is 0 Å². The van der Waals surface area contributed by atoms with Crippen molar-refractivity contribution in [2.24, 2.45) is 0 Å². The van der Waals surface area contributed by atoms with Crippen LogP contribution in [-0.2, 0) is 32.7 Å². The predicted octanol–water partition coefficient (Wildman–Crippen LogP) is 2.78. The monoisotopic (exact) mass is 246 g/mol. The molecule has 2 heteroatoms. The van der Waals surface area contributed by atoms with Gasteiger partial charge in [-0.25, -0.2) is 0 Å². The number of rotatable bonds is 4. The van der Waals surface area contributed by atoms with Crippen LogP contribution in [0.4, 0.5) is 0 Å². The largest absolute Gasteiger partial charge is 0.363 e. The van der Waals surface area contributed by atoms with Crippen LogP contribution >= 0.6 is 0 Å². The van der Waals surface area contributed by atoms with Gasteiger partial charge in [-0.15, -0.1) is 13.1 Å². The van der Waals surface area contributed by atoms with Gasteiger partial charge in [0.1, 0.15) is 0 Å². The van der Waals surface area contributed by atoms with Crippen molar-refractivity contribution in [1.82, 2.24) is 4.90 Å². The molecule has 0 heterocycles. The third-order valence-electron chi connectivity index (χ3n) is 1.17. The molecule has 0 bridgehead atoms. The summed E-state index contributed by atoms with van der Waals surface area (Å²) in [5.74, 6) is 0. The van der Waals surface area contributed by atoms with Crippen molar-refractivity contribution in [2.75, 3.05) is 19.6 Å². The van der Waals surface area contributed by atoms with E-state index in [1.807, 2.05) is 0 Å². The Labute approximate surface area is 104 Å². The molecular formula is C10H23NY-2. The molecule has 0 saturated heterocycles. The maximum absolute atomic E-state index is 3.76. The fourth-order valence-electron chi connectivity index (χ4n) is 0.652. The summed E-state index contributed by atoms with van der Waals surface area (Å²) in [6.45, 7) is 16.8. The van der Waals surface area contributed by atoms with E-state index in [2.05, 4.69) is 39.5 Å². The van der Waals surface area contributed by atoms with Crippen LogP contribution in [0, 0.1) is 13.8 Å². The van der Waals surface area contributed by atoms with Crippen molar-refractivity contribution in [1.29, 1.82) is 0 Å². The fraction of sp³-hybridized carbons (Fsp3) is 0.800. The van der Waals surface area contributed by atoms with Gasteiger partial charge in [0.25, 0.3) is 0 Å². The van der Waals surface area contributed by atoms with E-state index in [4.69, 9.17) is 0 Å². The second-order valence-electron chi connectivity index (χ2n) is 2.55. The fourth-order valence-corrected chi connectivity index (χ4v) is 0.652. The Morgan fingerprint density at radius 1 is 1.00 bits per heavy atom. The van der Waals surface area contributed by atoms with Gasteiger partial charge in [-0.1, -0.05) is 27.2 Å². The van der Waals surface area contributed by atoms with Crippen molar-refractivity contribution in [3.63, 3.8) is 0 Å². The molecule has 0 unspecified atom stereocenters. The minimum absolute atomic E-state index is 0. The Balaban J connectivity index is -0.000000177. The summed E-state index contributed by atoms with van der Waals surface area (Å²) in [4.78, 5) is 2.21. The molecule has 0 spiro atoms. The number of hydrogen-bond donors (Lipinski definition) is 0. The quantitative estimate of drug-likeness (QED) is 0.689. The van der Waals surface area contributed by atoms with Gasteiger partial charge in [0, 0.05) is 32.7 Å². The Kier molecular flexibility index (Phi) is 28.1. The Morgan fingerprint density at radius 3 is 1.42 bits per heavy atom. The molecule has 0 N–H and O–H groups in total. The summed E-state index contributed by atoms with van der Waals surface area (Å²) in [6.07, 6.45) is 2.45. The van der Waals surface area contributed by atoms with Crippen molar-refractivity contribution in [3.05, 3.63) is 13.8 Å². The number of hydrogen-bond acceptors (Lipinski definition) is 1. The standard InChI is InChI=1S/C7H15N.C3H8.Y/c1-4-7-8(5-2)6-3;1-3-2;/h2-7H2,1H3;3H2,1-2H3;/q-2;;. The molecule has 0 aromatic carbocycles. The maximum Gasteiger partial charge on any atom is 0 e. The van der Waals surface area contributed by atoms with Crippen LogP contribution in [-0.4, -0.2) is 24.5 Å². The Bertz CT molecular complexity index is 53.8. The van der Waals surface area contributed by atoms with Gasteiger partial charge in [0.2, 0.25) is 0 Å².